The minimum Gasteiger partial charge on any atom is -0.489 e. The predicted molar refractivity (Wildman–Crippen MR) is 510 cm³/mol. The first-order valence-electron chi connectivity index (χ1n) is 48.5. The van der Waals surface area contributed by atoms with Crippen LogP contribution >= 0.6 is 0 Å². The van der Waals surface area contributed by atoms with E-state index in [1.807, 2.05) is 48.5 Å². The Labute approximate surface area is 741 Å². The van der Waals surface area contributed by atoms with E-state index in [0.717, 1.165) is 217 Å². The van der Waals surface area contributed by atoms with Crippen LogP contribution in [0.1, 0.15) is 375 Å². The van der Waals surface area contributed by atoms with Crippen molar-refractivity contribution in [2.75, 3.05) is 52.9 Å². The standard InChI is InChI=1S/C108H144N8O8/c1-5-9-13-17-21-25-29-33-37-53-81-85-69-87-82(54-38-34-30-26-22-18-14-10-6-2)89-71-91-84(56-40-36-32-28-24-20-16-12-8-4)92-72-90-83(55-39-35-31-27-23-19-15-11-7-3)88-70-86(81)98-94(74-46-42-50-78(66-74)106(111)112)100(88)120-60-62-122-102(90)96(76-48-44-52-80(68-76)108(115)116)104(92)124-64-63-123-103(91)95(75-47-43-51-79(67-75)107(113)114)101(89)121-61-59-119-99(87)93(97(85)117-57-58-118-98)73-45-41-49-77(65-73)105(109)110/h41-52,65-72,81-84H,5-40,53-64H2,1-4H3,(H3,109,110)(H3,111,112)(H3,113,114)(H3,115,116). The molecule has 0 amide bonds. The molecule has 8 bridgehead atoms. The lowest BCUT2D eigenvalue weighted by Gasteiger charge is -2.33. The Morgan fingerprint density at radius 3 is 0.532 bits per heavy atom. The zero-order chi connectivity index (χ0) is 86.5. The molecule has 0 saturated heterocycles. The van der Waals surface area contributed by atoms with E-state index in [0.29, 0.717) is 68.2 Å². The van der Waals surface area contributed by atoms with Gasteiger partial charge in [-0.25, -0.2) is 0 Å². The van der Waals surface area contributed by atoms with Gasteiger partial charge in [0.05, 0.1) is 22.3 Å². The fourth-order valence-electron chi connectivity index (χ4n) is 20.2. The highest BCUT2D eigenvalue weighted by atomic mass is 16.5. The van der Waals surface area contributed by atoms with Crippen molar-refractivity contribution in [2.45, 2.75) is 308 Å². The van der Waals surface area contributed by atoms with Gasteiger partial charge in [-0.1, -0.05) is 332 Å². The zero-order valence-corrected chi connectivity index (χ0v) is 75.4. The van der Waals surface area contributed by atoms with Crippen LogP contribution in [0.15, 0.2) is 121 Å². The van der Waals surface area contributed by atoms with Crippen LogP contribution < -0.4 is 60.8 Å². The second-order valence-electron chi connectivity index (χ2n) is 35.8. The monoisotopic (exact) mass is 1680 g/mol. The van der Waals surface area contributed by atoms with Crippen LogP contribution in [0.3, 0.4) is 0 Å². The van der Waals surface area contributed by atoms with Crippen molar-refractivity contribution in [3.63, 3.8) is 0 Å². The van der Waals surface area contributed by atoms with E-state index in [9.17, 15) is 0 Å². The number of hydrogen-bond donors (Lipinski definition) is 8. The first-order chi connectivity index (χ1) is 60.8. The molecular weight excluding hydrogens is 1540 g/mol. The van der Waals surface area contributed by atoms with E-state index in [-0.39, 0.29) is 76.2 Å². The van der Waals surface area contributed by atoms with Gasteiger partial charge in [0.2, 0.25) is 0 Å². The molecule has 8 aromatic rings. The summed E-state index contributed by atoms with van der Waals surface area (Å²) in [6.45, 7) is 10.4. The molecule has 4 heterocycles. The van der Waals surface area contributed by atoms with Gasteiger partial charge >= 0.3 is 0 Å². The normalized spacial score (nSPS) is 16.1. The molecule has 12 N–H and O–H groups in total. The summed E-state index contributed by atoms with van der Waals surface area (Å²) in [7, 11) is 0. The number of ether oxygens (including phenoxy) is 8. The summed E-state index contributed by atoms with van der Waals surface area (Å²) in [4.78, 5) is 0. The van der Waals surface area contributed by atoms with Crippen molar-refractivity contribution < 1.29 is 37.9 Å². The summed E-state index contributed by atoms with van der Waals surface area (Å²) in [5.74, 6) is 3.81. The van der Waals surface area contributed by atoms with Crippen LogP contribution in [-0.4, -0.2) is 76.2 Å². The molecule has 0 unspecified atom stereocenters. The molecule has 4 aliphatic heterocycles. The van der Waals surface area contributed by atoms with E-state index < -0.39 is 23.7 Å². The molecule has 0 spiro atoms. The van der Waals surface area contributed by atoms with Gasteiger partial charge in [0, 0.05) is 90.4 Å². The van der Waals surface area contributed by atoms with Crippen LogP contribution in [-0.2, 0) is 0 Å². The molecule has 16 heteroatoms. The molecule has 124 heavy (non-hydrogen) atoms. The molecule has 0 atom stereocenters. The van der Waals surface area contributed by atoms with Crippen molar-refractivity contribution in [3.05, 3.63) is 188 Å². The van der Waals surface area contributed by atoms with Gasteiger partial charge < -0.3 is 60.8 Å². The molecular formula is C108H144N8O8. The van der Waals surface area contributed by atoms with E-state index in [2.05, 4.69) is 100 Å². The Bertz CT molecular complexity index is 4160. The van der Waals surface area contributed by atoms with E-state index in [4.69, 9.17) is 82.5 Å². The van der Waals surface area contributed by atoms with Gasteiger partial charge in [-0.2, -0.15) is 0 Å². The van der Waals surface area contributed by atoms with Crippen molar-refractivity contribution in [3.8, 4) is 90.5 Å². The number of unbranched alkanes of at least 4 members (excludes halogenated alkanes) is 32. The maximum atomic E-state index is 9.14. The maximum Gasteiger partial charge on any atom is 0.134 e. The second-order valence-corrected chi connectivity index (χ2v) is 35.8. The number of nitrogen functional groups attached to an aromatic ring is 4. The van der Waals surface area contributed by atoms with Gasteiger partial charge in [0.25, 0.3) is 0 Å². The van der Waals surface area contributed by atoms with Gasteiger partial charge in [0.1, 0.15) is 122 Å². The number of benzene rings is 8. The van der Waals surface area contributed by atoms with Crippen molar-refractivity contribution in [2.24, 2.45) is 22.9 Å². The molecule has 16 nitrogen and oxygen atoms in total. The summed E-state index contributed by atoms with van der Waals surface area (Å²) < 4.78 is 61.8. The molecule has 8 aromatic carbocycles. The predicted octanol–water partition coefficient (Wildman–Crippen LogP) is 27.1. The summed E-state index contributed by atoms with van der Waals surface area (Å²) >= 11 is 0. The lowest BCUT2D eigenvalue weighted by atomic mass is 9.73. The molecule has 0 aromatic heterocycles. The smallest absolute Gasteiger partial charge is 0.134 e. The summed E-state index contributed by atoms with van der Waals surface area (Å²) in [5, 5.41) is 36.6. The zero-order valence-electron chi connectivity index (χ0n) is 75.4. The molecule has 5 aliphatic rings. The average molecular weight is 1680 g/mol. The van der Waals surface area contributed by atoms with E-state index >= 15 is 0 Å². The lowest BCUT2D eigenvalue weighted by Crippen LogP contribution is -2.16. The summed E-state index contributed by atoms with van der Waals surface area (Å²) in [6, 6.07) is 42.5. The fourth-order valence-corrected chi connectivity index (χ4v) is 20.2. The Hall–Kier alpha value is -9.96. The summed E-state index contributed by atoms with van der Waals surface area (Å²) in [6.07, 6.45) is 44.2. The third-order valence-corrected chi connectivity index (χ3v) is 26.7. The van der Waals surface area contributed by atoms with Crippen LogP contribution in [0.2, 0.25) is 0 Å². The number of hydrogen-bond acceptors (Lipinski definition) is 12. The minimum absolute atomic E-state index is 0.0408. The van der Waals surface area contributed by atoms with Crippen LogP contribution in [0.5, 0.6) is 46.0 Å². The van der Waals surface area contributed by atoms with Gasteiger partial charge in [-0.15, -0.1) is 0 Å². The van der Waals surface area contributed by atoms with Crippen molar-refractivity contribution in [1.82, 2.24) is 0 Å². The fraction of sp³-hybridized carbons (Fsp3) is 0.519. The third-order valence-electron chi connectivity index (χ3n) is 26.7. The average Bonchev–Trinajstić information content (AvgIpc) is 1.72. The quantitative estimate of drug-likeness (QED) is 0.0100. The molecule has 0 saturated carbocycles. The lowest BCUT2D eigenvalue weighted by molar-refractivity contribution is 0.206. The highest BCUT2D eigenvalue weighted by Gasteiger charge is 2.42. The number of nitrogens with one attached hydrogen (secondary N) is 4. The highest BCUT2D eigenvalue weighted by molar-refractivity contribution is 6.00. The Kier molecular flexibility index (Phi) is 34.7. The number of rotatable bonds is 48. The maximum absolute atomic E-state index is 9.14. The van der Waals surface area contributed by atoms with Crippen molar-refractivity contribution in [1.29, 1.82) is 21.6 Å². The molecule has 1 aliphatic carbocycles. The molecule has 0 fully saturated rings. The third kappa shape index (κ3) is 22.8. The largest absolute Gasteiger partial charge is 0.489 e. The Morgan fingerprint density at radius 1 is 0.226 bits per heavy atom. The van der Waals surface area contributed by atoms with Crippen LogP contribution in [0.4, 0.5) is 0 Å². The highest BCUT2D eigenvalue weighted by Crippen LogP contribution is 2.62. The van der Waals surface area contributed by atoms with Gasteiger partial charge in [-0.05, 0) is 96.5 Å². The Balaban J connectivity index is 1.22. The SMILES string of the molecule is CCCCCCCCCCCC1c2cc3c4c(-c5cccc(C(=N)N)c5)c2OCCOc2c1cc1c(c2-c2cccc(C(=N)N)c2)OCCOc2c(cc5c(c2-c2cccc(C(=N)N)c2)OCCOc2c(cc(c(c2-c2cccc(C(=N)N)c2)OCCO4)C3CCCCCCCCCCC)C5CCCCCCCCCCC)C1CCCCCCCCCCC. The number of nitrogens with two attached hydrogens (primary N) is 4. The van der Waals surface area contributed by atoms with E-state index in [1.54, 1.807) is 0 Å². The van der Waals surface area contributed by atoms with Crippen molar-refractivity contribution >= 4 is 23.3 Å². The molecule has 664 valence electrons. The van der Waals surface area contributed by atoms with Gasteiger partial charge in [-0.3, -0.25) is 21.6 Å². The number of amidine groups is 4. The topological polar surface area (TPSA) is 273 Å². The summed E-state index contributed by atoms with van der Waals surface area (Å²) in [5.41, 5.74) is 43.5. The Morgan fingerprint density at radius 2 is 0.379 bits per heavy atom. The first kappa shape index (κ1) is 91.7. The molecule has 13 rings (SSSR count). The van der Waals surface area contributed by atoms with Crippen LogP contribution in [0, 0.1) is 21.6 Å². The molecule has 0 radical (unpaired) electrons. The van der Waals surface area contributed by atoms with E-state index in [1.165, 1.54) is 128 Å². The first-order valence-corrected chi connectivity index (χ1v) is 48.5. The van der Waals surface area contributed by atoms with Crippen LogP contribution in [0.25, 0.3) is 44.5 Å². The van der Waals surface area contributed by atoms with Gasteiger partial charge in [0.15, 0.2) is 0 Å². The second kappa shape index (κ2) is 46.8. The minimum atomic E-state index is -0.406.